The van der Waals surface area contributed by atoms with Crippen LogP contribution in [0, 0.1) is 5.92 Å². The van der Waals surface area contributed by atoms with Crippen molar-refractivity contribution in [2.75, 3.05) is 12.4 Å². The van der Waals surface area contributed by atoms with E-state index in [-0.39, 0.29) is 5.75 Å². The summed E-state index contributed by atoms with van der Waals surface area (Å²) < 4.78 is 0. The van der Waals surface area contributed by atoms with Gasteiger partial charge in [0.15, 0.2) is 0 Å². The van der Waals surface area contributed by atoms with Gasteiger partial charge in [0, 0.05) is 5.75 Å². The first-order valence-corrected chi connectivity index (χ1v) is 11.5. The number of aliphatic carboxylic acids is 1. The molecule has 0 aromatic rings. The lowest BCUT2D eigenvalue weighted by Crippen LogP contribution is -2.60. The molecule has 5 amide bonds. The van der Waals surface area contributed by atoms with Crippen molar-refractivity contribution in [1.29, 1.82) is 0 Å². The Hall–Kier alpha value is -2.91. The van der Waals surface area contributed by atoms with Crippen LogP contribution in [0.3, 0.4) is 0 Å². The third-order valence-corrected chi connectivity index (χ3v) is 6.40. The Bertz CT molecular complexity index is 810. The molecule has 1 saturated heterocycles. The summed E-state index contributed by atoms with van der Waals surface area (Å²) in [6, 6.07) is -6.31. The fraction of sp³-hybridized carbons (Fsp3) is 0.684. The molecule has 0 bridgehead atoms. The van der Waals surface area contributed by atoms with E-state index in [1.807, 2.05) is 0 Å². The van der Waals surface area contributed by atoms with Crippen LogP contribution < -0.4 is 32.7 Å². The van der Waals surface area contributed by atoms with Crippen molar-refractivity contribution in [3.63, 3.8) is 0 Å². The highest BCUT2D eigenvalue weighted by atomic mass is 32.2. The zero-order valence-corrected chi connectivity index (χ0v) is 19.9. The Morgan fingerprint density at radius 2 is 1.56 bits per heavy atom. The van der Waals surface area contributed by atoms with Gasteiger partial charge in [0.25, 0.3) is 0 Å². The van der Waals surface area contributed by atoms with Gasteiger partial charge in [-0.05, 0) is 12.8 Å². The first kappa shape index (κ1) is 29.1. The number of carboxylic acids is 1. The fourth-order valence-electron chi connectivity index (χ4n) is 3.03. The molecule has 3 unspecified atom stereocenters. The highest BCUT2D eigenvalue weighted by molar-refractivity contribution is 8.00. The summed E-state index contributed by atoms with van der Waals surface area (Å²) in [4.78, 5) is 73.7. The van der Waals surface area contributed by atoms with Crippen LogP contribution in [0.4, 0.5) is 0 Å². The molecule has 0 aliphatic carbocycles. The van der Waals surface area contributed by atoms with E-state index in [1.54, 1.807) is 13.8 Å². The van der Waals surface area contributed by atoms with Crippen molar-refractivity contribution in [2.45, 2.75) is 62.7 Å². The minimum atomic E-state index is -1.44. The third-order valence-electron chi connectivity index (χ3n) is 4.99. The molecule has 14 nitrogen and oxygen atoms in total. The van der Waals surface area contributed by atoms with Crippen molar-refractivity contribution in [3.8, 4) is 0 Å². The average molecular weight is 505 g/mol. The molecule has 0 saturated carbocycles. The Morgan fingerprint density at radius 3 is 2.06 bits per heavy atom. The topological polar surface area (TPSA) is 243 Å². The van der Waals surface area contributed by atoms with Gasteiger partial charge in [-0.25, -0.2) is 0 Å². The van der Waals surface area contributed by atoms with Gasteiger partial charge in [-0.1, -0.05) is 13.8 Å². The molecule has 6 atom stereocenters. The first-order valence-electron chi connectivity index (χ1n) is 10.5. The fourth-order valence-corrected chi connectivity index (χ4v) is 4.33. The quantitative estimate of drug-likeness (QED) is 0.180. The van der Waals surface area contributed by atoms with E-state index < -0.39 is 89.9 Å². The summed E-state index contributed by atoms with van der Waals surface area (Å²) in [6.45, 7) is 3.81. The molecule has 0 aromatic carbocycles. The summed E-state index contributed by atoms with van der Waals surface area (Å²) in [5.74, 6) is -6.18. The van der Waals surface area contributed by atoms with Gasteiger partial charge in [0.2, 0.25) is 29.5 Å². The van der Waals surface area contributed by atoms with Crippen LogP contribution in [0.5, 0.6) is 0 Å². The van der Waals surface area contributed by atoms with E-state index in [0.29, 0.717) is 0 Å². The van der Waals surface area contributed by atoms with E-state index >= 15 is 0 Å². The maximum Gasteiger partial charge on any atom is 0.318 e. The second-order valence-corrected chi connectivity index (χ2v) is 9.36. The zero-order chi connectivity index (χ0) is 26.2. The van der Waals surface area contributed by atoms with Crippen LogP contribution in [0.2, 0.25) is 0 Å². The molecule has 1 heterocycles. The number of nitrogens with one attached hydrogen (secondary N) is 4. The van der Waals surface area contributed by atoms with Crippen molar-refractivity contribution in [3.05, 3.63) is 0 Å². The number of hydrogen-bond donors (Lipinski definition) is 8. The van der Waals surface area contributed by atoms with Crippen molar-refractivity contribution in [2.24, 2.45) is 17.4 Å². The molecule has 10 N–H and O–H groups in total. The summed E-state index contributed by atoms with van der Waals surface area (Å²) in [5, 5.41) is 27.4. The second-order valence-electron chi connectivity index (χ2n) is 8.18. The minimum Gasteiger partial charge on any atom is -0.480 e. The Labute approximate surface area is 200 Å². The molecule has 1 aliphatic heterocycles. The number of carboxylic acid groups (broad SMARTS) is 1. The minimum absolute atomic E-state index is 0.181. The predicted molar refractivity (Wildman–Crippen MR) is 121 cm³/mol. The van der Waals surface area contributed by atoms with Gasteiger partial charge in [-0.3, -0.25) is 28.8 Å². The highest BCUT2D eigenvalue weighted by Crippen LogP contribution is 2.22. The first-order chi connectivity index (χ1) is 15.8. The second kappa shape index (κ2) is 13.1. The molecule has 1 fully saturated rings. The molecule has 192 valence electrons. The van der Waals surface area contributed by atoms with Gasteiger partial charge in [0.1, 0.15) is 23.4 Å². The predicted octanol–water partition coefficient (Wildman–Crippen LogP) is -4.00. The van der Waals surface area contributed by atoms with Crippen molar-refractivity contribution in [1.82, 2.24) is 21.3 Å². The standard InChI is InChI=1S/C19H32N6O8S/c1-7(2)13-14(19(32)33)34-6-9(20)16(29)24-11(5-26)18(31)22-8(3)15(28)23-10(4-12(21)27)17(30)25-13/h7-11,13-14,26H,4-6,20H2,1-3H3,(H2,21,27)(H,22,31)(H,23,28)(H,24,29)(H,25,30)(H,32,33)/t8-,9-,10-,11?,13?,14?/m0/s1. The molecular formula is C19H32N6O8S. The maximum atomic E-state index is 12.9. The van der Waals surface area contributed by atoms with Crippen molar-refractivity contribution < 1.29 is 39.0 Å². The number of aliphatic hydroxyl groups excluding tert-OH is 1. The molecule has 15 heteroatoms. The van der Waals surface area contributed by atoms with Crippen LogP contribution in [0.25, 0.3) is 0 Å². The number of carbonyl (C=O) groups is 6. The van der Waals surface area contributed by atoms with Gasteiger partial charge in [-0.2, -0.15) is 0 Å². The van der Waals surface area contributed by atoms with Crippen LogP contribution >= 0.6 is 11.8 Å². The largest absolute Gasteiger partial charge is 0.480 e. The third kappa shape index (κ3) is 8.46. The van der Waals surface area contributed by atoms with E-state index in [4.69, 9.17) is 11.5 Å². The summed E-state index contributed by atoms with van der Waals surface area (Å²) in [5.41, 5.74) is 11.0. The Kier molecular flexibility index (Phi) is 11.2. The molecule has 0 radical (unpaired) electrons. The smallest absolute Gasteiger partial charge is 0.318 e. The molecule has 0 spiro atoms. The van der Waals surface area contributed by atoms with Crippen LogP contribution in [0.15, 0.2) is 0 Å². The zero-order valence-electron chi connectivity index (χ0n) is 19.1. The van der Waals surface area contributed by atoms with Crippen LogP contribution in [-0.4, -0.2) is 93.5 Å². The lowest BCUT2D eigenvalue weighted by atomic mass is 9.99. The van der Waals surface area contributed by atoms with Crippen LogP contribution in [-0.2, 0) is 28.8 Å². The number of aliphatic hydroxyl groups is 1. The van der Waals surface area contributed by atoms with Gasteiger partial charge >= 0.3 is 5.97 Å². The van der Waals surface area contributed by atoms with E-state index in [1.165, 1.54) is 6.92 Å². The lowest BCUT2D eigenvalue weighted by molar-refractivity contribution is -0.138. The Morgan fingerprint density at radius 1 is 1.00 bits per heavy atom. The molecule has 0 aromatic heterocycles. The molecule has 1 rings (SSSR count). The SMILES string of the molecule is CC(C)C1NC(=O)[C@H](CC(N)=O)NC(=O)[C@H](C)NC(=O)C(CO)NC(=O)[C@@H](N)CSC1C(=O)O. The summed E-state index contributed by atoms with van der Waals surface area (Å²) in [7, 11) is 0. The Balaban J connectivity index is 3.37. The monoisotopic (exact) mass is 504 g/mol. The number of nitrogens with two attached hydrogens (primary N) is 2. The van der Waals surface area contributed by atoms with Crippen molar-refractivity contribution >= 4 is 47.3 Å². The van der Waals surface area contributed by atoms with E-state index in [2.05, 4.69) is 21.3 Å². The highest BCUT2D eigenvalue weighted by Gasteiger charge is 2.36. The summed E-state index contributed by atoms with van der Waals surface area (Å²) >= 11 is 0.799. The number of thioether (sulfide) groups is 1. The summed E-state index contributed by atoms with van der Waals surface area (Å²) in [6.07, 6.45) is -0.575. The van der Waals surface area contributed by atoms with Gasteiger partial charge < -0.3 is 42.9 Å². The number of hydrogen-bond acceptors (Lipinski definition) is 9. The number of primary amides is 1. The van der Waals surface area contributed by atoms with Crippen LogP contribution in [0.1, 0.15) is 27.2 Å². The van der Waals surface area contributed by atoms with E-state index in [9.17, 15) is 39.0 Å². The molecular weight excluding hydrogens is 472 g/mol. The average Bonchev–Trinajstić information content (AvgIpc) is 2.74. The van der Waals surface area contributed by atoms with E-state index in [0.717, 1.165) is 11.8 Å². The number of rotatable bonds is 5. The normalized spacial score (nSPS) is 30.1. The maximum absolute atomic E-state index is 12.9. The van der Waals surface area contributed by atoms with Gasteiger partial charge in [-0.15, -0.1) is 11.8 Å². The number of amides is 5. The molecule has 34 heavy (non-hydrogen) atoms. The lowest BCUT2D eigenvalue weighted by Gasteiger charge is -2.31. The number of carbonyl (C=O) groups excluding carboxylic acids is 5. The van der Waals surface area contributed by atoms with Gasteiger partial charge in [0.05, 0.1) is 25.1 Å². The molecule has 1 aliphatic rings.